The van der Waals surface area contributed by atoms with Crippen LogP contribution in [0.3, 0.4) is 0 Å². The van der Waals surface area contributed by atoms with Gasteiger partial charge in [-0.2, -0.15) is 5.10 Å². The molecule has 0 aliphatic carbocycles. The first-order valence-electron chi connectivity index (χ1n) is 10.9. The van der Waals surface area contributed by atoms with Crippen LogP contribution in [0.4, 0.5) is 0 Å². The van der Waals surface area contributed by atoms with Crippen molar-refractivity contribution in [1.82, 2.24) is 9.78 Å². The van der Waals surface area contributed by atoms with Gasteiger partial charge in [0.2, 0.25) is 0 Å². The average Bonchev–Trinajstić information content (AvgIpc) is 3.22. The Kier molecular flexibility index (Phi) is 7.95. The molecule has 8 heteroatoms. The van der Waals surface area contributed by atoms with Crippen molar-refractivity contribution in [2.45, 2.75) is 39.3 Å². The molecule has 1 heterocycles. The number of rotatable bonds is 11. The highest BCUT2D eigenvalue weighted by molar-refractivity contribution is 5.78. The summed E-state index contributed by atoms with van der Waals surface area (Å²) in [4.78, 5) is 11.3. The molecule has 2 N–H and O–H groups in total. The van der Waals surface area contributed by atoms with E-state index in [0.717, 1.165) is 11.3 Å². The van der Waals surface area contributed by atoms with Gasteiger partial charge in [-0.1, -0.05) is 19.1 Å². The molecule has 0 aliphatic heterocycles. The van der Waals surface area contributed by atoms with Gasteiger partial charge in [0.15, 0.2) is 11.5 Å². The van der Waals surface area contributed by atoms with Crippen LogP contribution in [0, 0.1) is 0 Å². The summed E-state index contributed by atoms with van der Waals surface area (Å²) >= 11 is 0. The molecule has 0 fully saturated rings. The van der Waals surface area contributed by atoms with Gasteiger partial charge in [-0.25, -0.2) is 0 Å². The summed E-state index contributed by atoms with van der Waals surface area (Å²) in [5.41, 5.74) is 3.43. The number of hydrogen-bond donors (Lipinski definition) is 2. The van der Waals surface area contributed by atoms with Gasteiger partial charge in [0.25, 0.3) is 0 Å². The highest BCUT2D eigenvalue weighted by atomic mass is 16.5. The van der Waals surface area contributed by atoms with Gasteiger partial charge >= 0.3 is 5.97 Å². The van der Waals surface area contributed by atoms with Crippen LogP contribution in [0.25, 0.3) is 22.5 Å². The number of benzene rings is 2. The number of nitrogens with zero attached hydrogens (tertiary/aromatic N) is 2. The zero-order valence-electron chi connectivity index (χ0n) is 19.4. The van der Waals surface area contributed by atoms with Crippen molar-refractivity contribution in [3.05, 3.63) is 48.0 Å². The SMILES string of the molecule is CCOc1ccc(CC(=O)O)cc1-c1cc(-c2cccc(OC)c2OC)n(C[C@H](O)CC)n1. The van der Waals surface area contributed by atoms with Crippen LogP contribution in [0.1, 0.15) is 25.8 Å². The third-order valence-electron chi connectivity index (χ3n) is 5.29. The van der Waals surface area contributed by atoms with Crippen molar-refractivity contribution >= 4 is 5.97 Å². The lowest BCUT2D eigenvalue weighted by Gasteiger charge is -2.15. The molecule has 33 heavy (non-hydrogen) atoms. The summed E-state index contributed by atoms with van der Waals surface area (Å²) in [6, 6.07) is 12.8. The van der Waals surface area contributed by atoms with Crippen LogP contribution in [0.2, 0.25) is 0 Å². The number of carboxylic acids is 1. The van der Waals surface area contributed by atoms with E-state index < -0.39 is 12.1 Å². The van der Waals surface area contributed by atoms with Gasteiger partial charge in [0.05, 0.1) is 51.3 Å². The molecule has 176 valence electrons. The minimum absolute atomic E-state index is 0.106. The number of hydrogen-bond acceptors (Lipinski definition) is 6. The number of aromatic nitrogens is 2. The highest BCUT2D eigenvalue weighted by Crippen LogP contribution is 2.40. The maximum atomic E-state index is 11.3. The Hall–Kier alpha value is -3.52. The average molecular weight is 455 g/mol. The Balaban J connectivity index is 2.21. The molecule has 2 aromatic carbocycles. The summed E-state index contributed by atoms with van der Waals surface area (Å²) in [6.45, 7) is 4.53. The van der Waals surface area contributed by atoms with E-state index >= 15 is 0 Å². The molecule has 0 saturated carbocycles. The summed E-state index contributed by atoms with van der Waals surface area (Å²) in [7, 11) is 3.15. The van der Waals surface area contributed by atoms with Gasteiger partial charge in [-0.3, -0.25) is 9.48 Å². The second kappa shape index (κ2) is 10.9. The Bertz CT molecular complexity index is 1110. The predicted octanol–water partition coefficient (Wildman–Crippen LogP) is 4.03. The zero-order chi connectivity index (χ0) is 24.0. The summed E-state index contributed by atoms with van der Waals surface area (Å²) < 4.78 is 18.6. The molecule has 0 spiro atoms. The summed E-state index contributed by atoms with van der Waals surface area (Å²) in [6.07, 6.45) is -0.120. The molecule has 0 saturated heterocycles. The van der Waals surface area contributed by atoms with Crippen molar-refractivity contribution in [2.75, 3.05) is 20.8 Å². The topological polar surface area (TPSA) is 103 Å². The van der Waals surface area contributed by atoms with E-state index in [1.165, 1.54) is 0 Å². The fourth-order valence-electron chi connectivity index (χ4n) is 3.67. The molecule has 0 bridgehead atoms. The monoisotopic (exact) mass is 454 g/mol. The number of para-hydroxylation sites is 1. The Morgan fingerprint density at radius 1 is 1.06 bits per heavy atom. The van der Waals surface area contributed by atoms with E-state index in [0.29, 0.717) is 47.1 Å². The first kappa shape index (κ1) is 24.1. The smallest absolute Gasteiger partial charge is 0.307 e. The van der Waals surface area contributed by atoms with Crippen LogP contribution in [0.15, 0.2) is 42.5 Å². The Morgan fingerprint density at radius 3 is 2.48 bits per heavy atom. The van der Waals surface area contributed by atoms with Crippen LogP contribution in [-0.2, 0) is 17.8 Å². The fourth-order valence-corrected chi connectivity index (χ4v) is 3.67. The van der Waals surface area contributed by atoms with E-state index in [9.17, 15) is 15.0 Å². The van der Waals surface area contributed by atoms with Crippen LogP contribution >= 0.6 is 0 Å². The lowest BCUT2D eigenvalue weighted by molar-refractivity contribution is -0.136. The van der Waals surface area contributed by atoms with E-state index in [1.54, 1.807) is 37.1 Å². The number of ether oxygens (including phenoxy) is 3. The van der Waals surface area contributed by atoms with Gasteiger partial charge < -0.3 is 24.4 Å². The minimum Gasteiger partial charge on any atom is -0.493 e. The molecule has 1 aromatic heterocycles. The Morgan fingerprint density at radius 2 is 1.85 bits per heavy atom. The summed E-state index contributed by atoms with van der Waals surface area (Å²) in [5.74, 6) is 0.835. The number of aliphatic hydroxyl groups excluding tert-OH is 1. The molecule has 0 aliphatic rings. The quantitative estimate of drug-likeness (QED) is 0.451. The van der Waals surface area contributed by atoms with Gasteiger partial charge in [0, 0.05) is 11.1 Å². The molecular formula is C25H30N2O6. The highest BCUT2D eigenvalue weighted by Gasteiger charge is 2.21. The van der Waals surface area contributed by atoms with Gasteiger partial charge in [-0.15, -0.1) is 0 Å². The third-order valence-corrected chi connectivity index (χ3v) is 5.29. The van der Waals surface area contributed by atoms with Crippen molar-refractivity contribution in [3.63, 3.8) is 0 Å². The number of carboxylic acid groups (broad SMARTS) is 1. The van der Waals surface area contributed by atoms with Crippen LogP contribution < -0.4 is 14.2 Å². The maximum absolute atomic E-state index is 11.3. The van der Waals surface area contributed by atoms with E-state index in [2.05, 4.69) is 0 Å². The molecule has 3 rings (SSSR count). The van der Waals surface area contributed by atoms with E-state index in [1.807, 2.05) is 38.1 Å². The lowest BCUT2D eigenvalue weighted by Crippen LogP contribution is -2.16. The standard InChI is InChI=1S/C25H30N2O6/c1-5-17(28)15-27-21(18-8-7-9-23(31-3)25(18)32-4)14-20(26-27)19-12-16(13-24(29)30)10-11-22(19)33-6-2/h7-12,14,17,28H,5-6,13,15H2,1-4H3,(H,29,30)/t17-/m1/s1. The molecular weight excluding hydrogens is 424 g/mol. The van der Waals surface area contributed by atoms with Crippen LogP contribution in [0.5, 0.6) is 17.2 Å². The molecule has 1 atom stereocenters. The number of methoxy groups -OCH3 is 2. The second-order valence-electron chi connectivity index (χ2n) is 7.53. The predicted molar refractivity (Wildman–Crippen MR) is 125 cm³/mol. The number of carbonyl (C=O) groups is 1. The van der Waals surface area contributed by atoms with Crippen molar-refractivity contribution < 1.29 is 29.2 Å². The molecule has 0 unspecified atom stereocenters. The molecule has 3 aromatic rings. The first-order chi connectivity index (χ1) is 15.9. The Labute approximate surface area is 193 Å². The first-order valence-corrected chi connectivity index (χ1v) is 10.9. The minimum atomic E-state index is -0.913. The van der Waals surface area contributed by atoms with Gasteiger partial charge in [-0.05, 0) is 49.2 Å². The maximum Gasteiger partial charge on any atom is 0.307 e. The number of aliphatic hydroxyl groups is 1. The molecule has 0 radical (unpaired) electrons. The third kappa shape index (κ3) is 5.46. The normalized spacial score (nSPS) is 11.8. The van der Waals surface area contributed by atoms with Crippen molar-refractivity contribution in [1.29, 1.82) is 0 Å². The zero-order valence-corrected chi connectivity index (χ0v) is 19.4. The van der Waals surface area contributed by atoms with E-state index in [-0.39, 0.29) is 13.0 Å². The largest absolute Gasteiger partial charge is 0.493 e. The number of aliphatic carboxylic acids is 1. The van der Waals surface area contributed by atoms with Crippen molar-refractivity contribution in [3.8, 4) is 39.8 Å². The van der Waals surface area contributed by atoms with E-state index in [4.69, 9.17) is 19.3 Å². The second-order valence-corrected chi connectivity index (χ2v) is 7.53. The molecule has 8 nitrogen and oxygen atoms in total. The fraction of sp³-hybridized carbons (Fsp3) is 0.360. The molecule has 0 amide bonds. The lowest BCUT2D eigenvalue weighted by atomic mass is 10.0. The van der Waals surface area contributed by atoms with Crippen LogP contribution in [-0.4, -0.2) is 52.9 Å². The summed E-state index contributed by atoms with van der Waals surface area (Å²) in [5, 5.41) is 24.4. The van der Waals surface area contributed by atoms with Gasteiger partial charge in [0.1, 0.15) is 5.75 Å². The van der Waals surface area contributed by atoms with Crippen molar-refractivity contribution in [2.24, 2.45) is 0 Å².